The molecule has 0 heterocycles. The molecule has 5 nitrogen and oxygen atoms in total. The summed E-state index contributed by atoms with van der Waals surface area (Å²) >= 11 is 0. The number of carboxylic acid groups (broad SMARTS) is 1. The van der Waals surface area contributed by atoms with Gasteiger partial charge in [-0.3, -0.25) is 9.59 Å². The Kier molecular flexibility index (Phi) is 4.39. The molecular weight excluding hydrogens is 224 g/mol. The minimum Gasteiger partial charge on any atom is -0.478 e. The minimum absolute atomic E-state index is 0.0951. The predicted molar refractivity (Wildman–Crippen MR) is 59.0 cm³/mol. The number of ether oxygens (including phenoxy) is 1. The molecule has 1 aromatic rings. The van der Waals surface area contributed by atoms with E-state index < -0.39 is 11.9 Å². The fourth-order valence-corrected chi connectivity index (χ4v) is 1.24. The molecule has 0 radical (unpaired) electrons. The normalized spacial score (nSPS) is 9.71. The average Bonchev–Trinajstić information content (AvgIpc) is 2.29. The van der Waals surface area contributed by atoms with Crippen molar-refractivity contribution in [3.05, 3.63) is 35.4 Å². The van der Waals surface area contributed by atoms with Crippen LogP contribution in [0, 0.1) is 0 Å². The fourth-order valence-electron chi connectivity index (χ4n) is 1.24. The van der Waals surface area contributed by atoms with E-state index in [0.29, 0.717) is 5.56 Å². The number of esters is 1. The van der Waals surface area contributed by atoms with Crippen LogP contribution in [0.25, 0.3) is 0 Å². The van der Waals surface area contributed by atoms with Crippen LogP contribution in [0.4, 0.5) is 0 Å². The van der Waals surface area contributed by atoms with E-state index in [4.69, 9.17) is 5.11 Å². The number of hydrogen-bond acceptors (Lipinski definition) is 4. The van der Waals surface area contributed by atoms with Gasteiger partial charge in [0.25, 0.3) is 0 Å². The molecule has 0 bridgehead atoms. The highest BCUT2D eigenvalue weighted by atomic mass is 16.5. The molecule has 17 heavy (non-hydrogen) atoms. The van der Waals surface area contributed by atoms with Crippen LogP contribution in [-0.4, -0.2) is 29.4 Å². The molecular formula is C12H12O5. The molecule has 0 aromatic heterocycles. The first-order valence-electron chi connectivity index (χ1n) is 5.06. The predicted octanol–water partition coefficient (Wildman–Crippen LogP) is 1.52. The van der Waals surface area contributed by atoms with E-state index in [1.807, 2.05) is 0 Å². The Morgan fingerprint density at radius 3 is 2.12 bits per heavy atom. The highest BCUT2D eigenvalue weighted by Gasteiger charge is 2.13. The quantitative estimate of drug-likeness (QED) is 0.476. The van der Waals surface area contributed by atoms with Gasteiger partial charge in [0.05, 0.1) is 12.2 Å². The van der Waals surface area contributed by atoms with Gasteiger partial charge in [0, 0.05) is 5.56 Å². The van der Waals surface area contributed by atoms with Crippen LogP contribution in [0.3, 0.4) is 0 Å². The first-order chi connectivity index (χ1) is 8.04. The molecule has 0 saturated heterocycles. The van der Waals surface area contributed by atoms with Crippen molar-refractivity contribution in [3.8, 4) is 0 Å². The lowest BCUT2D eigenvalue weighted by atomic mass is 10.1. The highest BCUT2D eigenvalue weighted by Crippen LogP contribution is 2.07. The second-order valence-electron chi connectivity index (χ2n) is 3.29. The zero-order valence-corrected chi connectivity index (χ0v) is 9.30. The summed E-state index contributed by atoms with van der Waals surface area (Å²) in [6.07, 6.45) is -0.333. The van der Waals surface area contributed by atoms with E-state index in [0.717, 1.165) is 0 Å². The van der Waals surface area contributed by atoms with Crippen molar-refractivity contribution in [2.45, 2.75) is 13.3 Å². The Labute approximate surface area is 98.0 Å². The van der Waals surface area contributed by atoms with Crippen LogP contribution in [0.5, 0.6) is 0 Å². The number of carbonyl (C=O) groups excluding carboxylic acids is 2. The third kappa shape index (κ3) is 3.71. The van der Waals surface area contributed by atoms with Crippen molar-refractivity contribution < 1.29 is 24.2 Å². The van der Waals surface area contributed by atoms with E-state index in [9.17, 15) is 14.4 Å². The van der Waals surface area contributed by atoms with Gasteiger partial charge in [0.2, 0.25) is 0 Å². The molecule has 0 unspecified atom stereocenters. The lowest BCUT2D eigenvalue weighted by Crippen LogP contribution is -2.11. The molecule has 1 aromatic carbocycles. The van der Waals surface area contributed by atoms with Gasteiger partial charge in [-0.15, -0.1) is 0 Å². The number of carboxylic acids is 1. The van der Waals surface area contributed by atoms with Crippen LogP contribution in [0.1, 0.15) is 34.1 Å². The van der Waals surface area contributed by atoms with E-state index in [2.05, 4.69) is 4.74 Å². The minimum atomic E-state index is -1.06. The molecule has 90 valence electrons. The van der Waals surface area contributed by atoms with Crippen LogP contribution in [0.15, 0.2) is 24.3 Å². The molecule has 0 aliphatic rings. The second-order valence-corrected chi connectivity index (χ2v) is 3.29. The summed E-state index contributed by atoms with van der Waals surface area (Å²) in [5.74, 6) is -2.03. The van der Waals surface area contributed by atoms with Gasteiger partial charge in [-0.25, -0.2) is 4.79 Å². The fraction of sp³-hybridized carbons (Fsp3) is 0.250. The van der Waals surface area contributed by atoms with Crippen molar-refractivity contribution >= 4 is 17.7 Å². The summed E-state index contributed by atoms with van der Waals surface area (Å²) in [4.78, 5) is 33.2. The SMILES string of the molecule is CCOC(=O)CC(=O)c1ccc(C(=O)O)cc1. The maximum Gasteiger partial charge on any atom is 0.335 e. The smallest absolute Gasteiger partial charge is 0.335 e. The molecule has 0 atom stereocenters. The number of rotatable bonds is 5. The van der Waals surface area contributed by atoms with Crippen molar-refractivity contribution in [3.63, 3.8) is 0 Å². The van der Waals surface area contributed by atoms with Gasteiger partial charge < -0.3 is 9.84 Å². The van der Waals surface area contributed by atoms with Crippen LogP contribution in [-0.2, 0) is 9.53 Å². The zero-order chi connectivity index (χ0) is 12.8. The van der Waals surface area contributed by atoms with Crippen LogP contribution in [0.2, 0.25) is 0 Å². The van der Waals surface area contributed by atoms with Crippen LogP contribution < -0.4 is 0 Å². The third-order valence-corrected chi connectivity index (χ3v) is 2.06. The van der Waals surface area contributed by atoms with Crippen molar-refractivity contribution in [2.24, 2.45) is 0 Å². The van der Waals surface area contributed by atoms with Gasteiger partial charge in [-0.2, -0.15) is 0 Å². The molecule has 0 fully saturated rings. The average molecular weight is 236 g/mol. The second kappa shape index (κ2) is 5.79. The third-order valence-electron chi connectivity index (χ3n) is 2.06. The summed E-state index contributed by atoms with van der Waals surface area (Å²) in [5.41, 5.74) is 0.390. The number of hydrogen-bond donors (Lipinski definition) is 1. The van der Waals surface area contributed by atoms with E-state index in [1.54, 1.807) is 6.92 Å². The van der Waals surface area contributed by atoms with Crippen molar-refractivity contribution in [1.29, 1.82) is 0 Å². The molecule has 0 aliphatic carbocycles. The van der Waals surface area contributed by atoms with Gasteiger partial charge in [-0.05, 0) is 19.1 Å². The Bertz CT molecular complexity index is 433. The lowest BCUT2D eigenvalue weighted by Gasteiger charge is -2.02. The van der Waals surface area contributed by atoms with Crippen molar-refractivity contribution in [2.75, 3.05) is 6.61 Å². The van der Waals surface area contributed by atoms with E-state index in [-0.39, 0.29) is 24.4 Å². The molecule has 0 amide bonds. The Morgan fingerprint density at radius 1 is 1.12 bits per heavy atom. The van der Waals surface area contributed by atoms with Crippen molar-refractivity contribution in [1.82, 2.24) is 0 Å². The monoisotopic (exact) mass is 236 g/mol. The first kappa shape index (κ1) is 12.9. The number of Topliss-reactive ketones (excluding diaryl/α,β-unsaturated/α-hetero) is 1. The summed E-state index contributed by atoms with van der Waals surface area (Å²) in [7, 11) is 0. The maximum atomic E-state index is 11.6. The van der Waals surface area contributed by atoms with E-state index in [1.165, 1.54) is 24.3 Å². The molecule has 1 N–H and O–H groups in total. The maximum absolute atomic E-state index is 11.6. The summed E-state index contributed by atoms with van der Waals surface area (Å²) < 4.78 is 4.64. The van der Waals surface area contributed by atoms with Gasteiger partial charge in [-0.1, -0.05) is 12.1 Å². The Morgan fingerprint density at radius 2 is 1.65 bits per heavy atom. The summed E-state index contributed by atoms with van der Waals surface area (Å²) in [5, 5.41) is 8.67. The number of aromatic carboxylic acids is 1. The van der Waals surface area contributed by atoms with Gasteiger partial charge in [0.1, 0.15) is 6.42 Å². The standard InChI is InChI=1S/C12H12O5/c1-2-17-11(14)7-10(13)8-3-5-9(6-4-8)12(15)16/h3-6H,2,7H2,1H3,(H,15,16). The van der Waals surface area contributed by atoms with Gasteiger partial charge in [0.15, 0.2) is 5.78 Å². The van der Waals surface area contributed by atoms with Gasteiger partial charge >= 0.3 is 11.9 Å². The lowest BCUT2D eigenvalue weighted by molar-refractivity contribution is -0.141. The Hall–Kier alpha value is -2.17. The summed E-state index contributed by atoms with van der Waals surface area (Å²) in [6.45, 7) is 1.88. The topological polar surface area (TPSA) is 80.7 Å². The molecule has 5 heteroatoms. The molecule has 0 aliphatic heterocycles. The number of ketones is 1. The van der Waals surface area contributed by atoms with Crippen LogP contribution >= 0.6 is 0 Å². The first-order valence-corrected chi connectivity index (χ1v) is 5.06. The highest BCUT2D eigenvalue weighted by molar-refractivity contribution is 6.06. The zero-order valence-electron chi connectivity index (χ0n) is 9.30. The summed E-state index contributed by atoms with van der Waals surface area (Å²) in [6, 6.07) is 5.40. The largest absolute Gasteiger partial charge is 0.478 e. The molecule has 1 rings (SSSR count). The van der Waals surface area contributed by atoms with E-state index >= 15 is 0 Å². The number of carbonyl (C=O) groups is 3. The molecule has 0 saturated carbocycles. The molecule has 0 spiro atoms. The number of benzene rings is 1. The Balaban J connectivity index is 2.70.